The van der Waals surface area contributed by atoms with Gasteiger partial charge in [0.2, 0.25) is 11.2 Å². The quantitative estimate of drug-likeness (QED) is 0.383. The lowest BCUT2D eigenvalue weighted by molar-refractivity contribution is -0.633. The first-order chi connectivity index (χ1) is 13.4. The van der Waals surface area contributed by atoms with Gasteiger partial charge in [0, 0.05) is 24.8 Å². The molecule has 1 aliphatic heterocycles. The summed E-state index contributed by atoms with van der Waals surface area (Å²) in [5.74, 6) is 1.15. The van der Waals surface area contributed by atoms with Crippen LogP contribution in [0, 0.1) is 34.6 Å². The van der Waals surface area contributed by atoms with Crippen LogP contribution in [0.4, 0.5) is 0 Å². The fourth-order valence-electron chi connectivity index (χ4n) is 4.92. The van der Waals surface area contributed by atoms with Crippen LogP contribution >= 0.6 is 0 Å². The standard InChI is InChI=1S/C25H26N3/c1-14-8-7-9-20-24(14)16(3)11-22(27(20)6)25-18(5)15(2)10-21-19(25)12-23-26-17(4)13-28(21)23/h7-11,13H,12H2,1-6H3/q+1. The van der Waals surface area contributed by atoms with Crippen LogP contribution in [0.1, 0.15) is 39.3 Å². The van der Waals surface area contributed by atoms with Gasteiger partial charge in [0.25, 0.3) is 0 Å². The lowest BCUT2D eigenvalue weighted by atomic mass is 9.91. The minimum atomic E-state index is 0.893. The van der Waals surface area contributed by atoms with Crippen molar-refractivity contribution in [2.45, 2.75) is 41.0 Å². The molecule has 0 saturated carbocycles. The fourth-order valence-corrected chi connectivity index (χ4v) is 4.92. The number of aromatic nitrogens is 3. The maximum atomic E-state index is 4.76. The summed E-state index contributed by atoms with van der Waals surface area (Å²) in [5, 5.41) is 1.36. The monoisotopic (exact) mass is 368 g/mol. The molecule has 0 unspecified atom stereocenters. The zero-order chi connectivity index (χ0) is 19.7. The number of nitrogens with zero attached hydrogens (tertiary/aromatic N) is 3. The molecule has 0 bridgehead atoms. The highest BCUT2D eigenvalue weighted by Gasteiger charge is 2.29. The molecule has 3 heteroatoms. The van der Waals surface area contributed by atoms with Crippen molar-refractivity contribution >= 4 is 10.9 Å². The van der Waals surface area contributed by atoms with E-state index in [2.05, 4.69) is 87.3 Å². The summed E-state index contributed by atoms with van der Waals surface area (Å²) in [4.78, 5) is 4.76. The first-order valence-electron chi connectivity index (χ1n) is 9.94. The summed E-state index contributed by atoms with van der Waals surface area (Å²) in [7, 11) is 2.20. The van der Waals surface area contributed by atoms with Crippen molar-refractivity contribution in [3.8, 4) is 16.9 Å². The summed E-state index contributed by atoms with van der Waals surface area (Å²) in [6.07, 6.45) is 3.05. The molecule has 1 aliphatic rings. The Labute approximate surface area is 166 Å². The van der Waals surface area contributed by atoms with Gasteiger partial charge in [-0.1, -0.05) is 12.1 Å². The summed E-state index contributed by atoms with van der Waals surface area (Å²) in [5.41, 5.74) is 13.1. The molecule has 140 valence electrons. The smallest absolute Gasteiger partial charge is 0.213 e. The number of pyridine rings is 1. The molecule has 0 aliphatic carbocycles. The van der Waals surface area contributed by atoms with Crippen molar-refractivity contribution in [3.63, 3.8) is 0 Å². The Morgan fingerprint density at radius 2 is 1.75 bits per heavy atom. The zero-order valence-corrected chi connectivity index (χ0v) is 17.5. The molecule has 0 spiro atoms. The maximum Gasteiger partial charge on any atom is 0.213 e. The lowest BCUT2D eigenvalue weighted by Gasteiger charge is -2.16. The number of benzene rings is 2. The molecule has 0 N–H and O–H groups in total. The topological polar surface area (TPSA) is 21.7 Å². The first kappa shape index (κ1) is 17.2. The van der Waals surface area contributed by atoms with Crippen LogP contribution in [0.2, 0.25) is 0 Å². The van der Waals surface area contributed by atoms with Crippen molar-refractivity contribution in [1.29, 1.82) is 0 Å². The Bertz CT molecular complexity index is 1290. The van der Waals surface area contributed by atoms with Gasteiger partial charge in [-0.2, -0.15) is 4.57 Å². The highest BCUT2D eigenvalue weighted by Crippen LogP contribution is 2.39. The molecule has 3 heterocycles. The highest BCUT2D eigenvalue weighted by molar-refractivity contribution is 5.86. The SMILES string of the molecule is Cc1cn2c(n1)Cc1c-2cc(C)c(C)c1-c1cc(C)c2c(C)cccc2[n+]1C. The Morgan fingerprint density at radius 1 is 0.964 bits per heavy atom. The average Bonchev–Trinajstić information content (AvgIpc) is 3.16. The van der Waals surface area contributed by atoms with E-state index in [0.29, 0.717) is 0 Å². The summed E-state index contributed by atoms with van der Waals surface area (Å²) < 4.78 is 4.64. The predicted octanol–water partition coefficient (Wildman–Crippen LogP) is 4.96. The van der Waals surface area contributed by atoms with E-state index in [1.807, 2.05) is 0 Å². The van der Waals surface area contributed by atoms with Crippen LogP contribution in [0.5, 0.6) is 0 Å². The van der Waals surface area contributed by atoms with Crippen molar-refractivity contribution in [3.05, 3.63) is 75.9 Å². The zero-order valence-electron chi connectivity index (χ0n) is 17.5. The average molecular weight is 369 g/mol. The molecule has 4 aromatic rings. The van der Waals surface area contributed by atoms with Crippen LogP contribution in [-0.4, -0.2) is 9.55 Å². The van der Waals surface area contributed by atoms with E-state index in [-0.39, 0.29) is 0 Å². The van der Waals surface area contributed by atoms with Gasteiger partial charge in [-0.15, -0.1) is 0 Å². The third-order valence-electron chi connectivity index (χ3n) is 6.40. The van der Waals surface area contributed by atoms with Crippen LogP contribution in [0.3, 0.4) is 0 Å². The second-order valence-corrected chi connectivity index (χ2v) is 8.28. The van der Waals surface area contributed by atoms with E-state index in [1.54, 1.807) is 0 Å². The summed E-state index contributed by atoms with van der Waals surface area (Å²) in [6.45, 7) is 11.0. The van der Waals surface area contributed by atoms with Gasteiger partial charge in [-0.3, -0.25) is 0 Å². The number of imidazole rings is 1. The second kappa shape index (κ2) is 5.78. The summed E-state index contributed by atoms with van der Waals surface area (Å²) >= 11 is 0. The molecule has 0 saturated heterocycles. The van der Waals surface area contributed by atoms with Gasteiger partial charge in [-0.25, -0.2) is 4.98 Å². The van der Waals surface area contributed by atoms with Crippen molar-refractivity contribution in [1.82, 2.24) is 9.55 Å². The van der Waals surface area contributed by atoms with E-state index in [0.717, 1.165) is 17.9 Å². The molecule has 0 atom stereocenters. The first-order valence-corrected chi connectivity index (χ1v) is 9.94. The largest absolute Gasteiger partial charge is 0.303 e. The molecule has 3 nitrogen and oxygen atoms in total. The van der Waals surface area contributed by atoms with E-state index >= 15 is 0 Å². The Kier molecular flexibility index (Phi) is 3.54. The van der Waals surface area contributed by atoms with Crippen molar-refractivity contribution in [2.24, 2.45) is 7.05 Å². The Hall–Kier alpha value is -2.94. The van der Waals surface area contributed by atoms with Gasteiger partial charge < -0.3 is 4.57 Å². The number of hydrogen-bond donors (Lipinski definition) is 0. The van der Waals surface area contributed by atoms with E-state index in [9.17, 15) is 0 Å². The van der Waals surface area contributed by atoms with Crippen molar-refractivity contribution < 1.29 is 4.57 Å². The lowest BCUT2D eigenvalue weighted by Crippen LogP contribution is -2.33. The highest BCUT2D eigenvalue weighted by atomic mass is 15.1. The third kappa shape index (κ3) is 2.22. The van der Waals surface area contributed by atoms with Crippen LogP contribution < -0.4 is 4.57 Å². The molecule has 0 radical (unpaired) electrons. The minimum absolute atomic E-state index is 0.893. The molecular formula is C25H26N3+. The van der Waals surface area contributed by atoms with Crippen molar-refractivity contribution in [2.75, 3.05) is 0 Å². The van der Waals surface area contributed by atoms with E-state index < -0.39 is 0 Å². The molecule has 5 rings (SSSR count). The molecule has 2 aromatic heterocycles. The number of hydrogen-bond acceptors (Lipinski definition) is 1. The molecular weight excluding hydrogens is 342 g/mol. The number of fused-ring (bicyclic) bond motifs is 4. The maximum absolute atomic E-state index is 4.76. The number of rotatable bonds is 1. The van der Waals surface area contributed by atoms with Gasteiger partial charge in [0.05, 0.1) is 22.3 Å². The third-order valence-corrected chi connectivity index (χ3v) is 6.40. The molecule has 0 amide bonds. The van der Waals surface area contributed by atoms with E-state index in [4.69, 9.17) is 4.98 Å². The summed E-state index contributed by atoms with van der Waals surface area (Å²) in [6, 6.07) is 11.3. The van der Waals surface area contributed by atoms with Crippen LogP contribution in [0.15, 0.2) is 36.5 Å². The Balaban J connectivity index is 1.86. The normalized spacial score (nSPS) is 12.5. The minimum Gasteiger partial charge on any atom is -0.303 e. The van der Waals surface area contributed by atoms with Gasteiger partial charge in [0.15, 0.2) is 0 Å². The van der Waals surface area contributed by atoms with E-state index in [1.165, 1.54) is 55.7 Å². The van der Waals surface area contributed by atoms with Gasteiger partial charge in [0.1, 0.15) is 12.9 Å². The van der Waals surface area contributed by atoms with Crippen LogP contribution in [-0.2, 0) is 13.5 Å². The molecule has 2 aromatic carbocycles. The predicted molar refractivity (Wildman–Crippen MR) is 114 cm³/mol. The number of aryl methyl sites for hydroxylation is 5. The second-order valence-electron chi connectivity index (χ2n) is 8.28. The molecule has 0 fully saturated rings. The Morgan fingerprint density at radius 3 is 2.54 bits per heavy atom. The molecule has 28 heavy (non-hydrogen) atoms. The van der Waals surface area contributed by atoms with Gasteiger partial charge >= 0.3 is 0 Å². The van der Waals surface area contributed by atoms with Gasteiger partial charge in [-0.05, 0) is 68.5 Å². The van der Waals surface area contributed by atoms with Crippen LogP contribution in [0.25, 0.3) is 27.8 Å². The fraction of sp³-hybridized carbons (Fsp3) is 0.280.